The van der Waals surface area contributed by atoms with Crippen LogP contribution in [0.25, 0.3) is 0 Å². The number of aryl methyl sites for hydroxylation is 1. The summed E-state index contributed by atoms with van der Waals surface area (Å²) in [4.78, 5) is 27.1. The lowest BCUT2D eigenvalue weighted by molar-refractivity contribution is 0.0594. The first-order valence-corrected chi connectivity index (χ1v) is 6.98. The van der Waals surface area contributed by atoms with Crippen LogP contribution in [0.3, 0.4) is 0 Å². The van der Waals surface area contributed by atoms with E-state index in [9.17, 15) is 9.59 Å². The van der Waals surface area contributed by atoms with Gasteiger partial charge in [0.1, 0.15) is 5.69 Å². The van der Waals surface area contributed by atoms with E-state index < -0.39 is 5.97 Å². The fraction of sp³-hybridized carbons (Fsp3) is 0.600. The molecule has 0 aliphatic heterocycles. The van der Waals surface area contributed by atoms with E-state index in [0.717, 1.165) is 6.42 Å². The van der Waals surface area contributed by atoms with E-state index in [2.05, 4.69) is 10.3 Å². The van der Waals surface area contributed by atoms with Crippen molar-refractivity contribution in [1.29, 1.82) is 0 Å². The number of aromatic nitrogens is 1. The van der Waals surface area contributed by atoms with E-state index in [1.165, 1.54) is 7.11 Å². The van der Waals surface area contributed by atoms with Crippen LogP contribution in [0.15, 0.2) is 0 Å². The minimum atomic E-state index is -0.463. The summed E-state index contributed by atoms with van der Waals surface area (Å²) in [6.07, 6.45) is 0.840. The predicted octanol–water partition coefficient (Wildman–Crippen LogP) is 1.62. The molecule has 0 aromatic carbocycles. The van der Waals surface area contributed by atoms with Crippen molar-refractivity contribution in [3.8, 4) is 0 Å². The van der Waals surface area contributed by atoms with Crippen molar-refractivity contribution in [2.24, 2.45) is 0 Å². The van der Waals surface area contributed by atoms with Crippen molar-refractivity contribution in [3.63, 3.8) is 0 Å². The predicted molar refractivity (Wildman–Crippen MR) is 79.9 cm³/mol. The van der Waals surface area contributed by atoms with Gasteiger partial charge in [0.15, 0.2) is 5.78 Å². The summed E-state index contributed by atoms with van der Waals surface area (Å²) in [6, 6.07) is -0.319. The summed E-state index contributed by atoms with van der Waals surface area (Å²) in [5.41, 5.74) is 2.21. The molecule has 1 unspecified atom stereocenters. The van der Waals surface area contributed by atoms with Crippen LogP contribution in [0.1, 0.15) is 45.4 Å². The number of carbonyl (C=O) groups is 2. The molecule has 0 aliphatic carbocycles. The molecule has 21 heavy (non-hydrogen) atoms. The van der Waals surface area contributed by atoms with Gasteiger partial charge in [0.05, 0.1) is 13.2 Å². The van der Waals surface area contributed by atoms with Crippen LogP contribution < -0.4 is 5.32 Å². The van der Waals surface area contributed by atoms with Gasteiger partial charge in [-0.1, -0.05) is 0 Å². The number of aromatic amines is 1. The molecule has 0 saturated heterocycles. The Bertz CT molecular complexity index is 508. The second-order valence-electron chi connectivity index (χ2n) is 5.00. The lowest BCUT2D eigenvalue weighted by Gasteiger charge is -2.13. The molecule has 118 valence electrons. The lowest BCUT2D eigenvalue weighted by Crippen LogP contribution is -2.35. The van der Waals surface area contributed by atoms with Crippen LogP contribution in [-0.2, 0) is 9.47 Å². The monoisotopic (exact) mass is 296 g/mol. The van der Waals surface area contributed by atoms with Gasteiger partial charge in [0.25, 0.3) is 0 Å². The number of H-pyrrole nitrogens is 1. The molecule has 0 saturated carbocycles. The number of methoxy groups -OCH3 is 2. The summed E-state index contributed by atoms with van der Waals surface area (Å²) in [7, 11) is 2.97. The van der Waals surface area contributed by atoms with Gasteiger partial charge < -0.3 is 19.8 Å². The molecule has 0 aliphatic rings. The maximum absolute atomic E-state index is 12.5. The van der Waals surface area contributed by atoms with Gasteiger partial charge in [0.2, 0.25) is 0 Å². The molecule has 1 heterocycles. The Morgan fingerprint density at radius 3 is 2.52 bits per heavy atom. The smallest absolute Gasteiger partial charge is 0.354 e. The third-order valence-corrected chi connectivity index (χ3v) is 3.44. The quantitative estimate of drug-likeness (QED) is 0.433. The molecule has 0 bridgehead atoms. The van der Waals surface area contributed by atoms with E-state index in [-0.39, 0.29) is 11.8 Å². The number of Topliss-reactive ketones (excluding diaryl/α,β-unsaturated/α-hetero) is 1. The third kappa shape index (κ3) is 4.15. The average Bonchev–Trinajstić information content (AvgIpc) is 2.76. The minimum Gasteiger partial charge on any atom is -0.464 e. The molecular weight excluding hydrogens is 272 g/mol. The zero-order chi connectivity index (χ0) is 16.0. The minimum absolute atomic E-state index is 0.0335. The van der Waals surface area contributed by atoms with Crippen molar-refractivity contribution in [3.05, 3.63) is 22.5 Å². The third-order valence-electron chi connectivity index (χ3n) is 3.44. The second-order valence-corrected chi connectivity index (χ2v) is 5.00. The van der Waals surface area contributed by atoms with Crippen LogP contribution in [0.4, 0.5) is 0 Å². The number of hydrogen-bond donors (Lipinski definition) is 2. The number of hydrogen-bond acceptors (Lipinski definition) is 5. The van der Waals surface area contributed by atoms with Crippen molar-refractivity contribution in [1.82, 2.24) is 10.3 Å². The Kier molecular flexibility index (Phi) is 6.58. The van der Waals surface area contributed by atoms with Crippen LogP contribution in [0.5, 0.6) is 0 Å². The lowest BCUT2D eigenvalue weighted by atomic mass is 10.0. The molecular formula is C15H24N2O4. The topological polar surface area (TPSA) is 80.4 Å². The largest absolute Gasteiger partial charge is 0.464 e. The SMILES string of the molecule is COCCCNC(C)C(=O)c1c(C)[nH]c(C(=O)OC)c1C. The normalized spacial score (nSPS) is 12.2. The van der Waals surface area contributed by atoms with E-state index >= 15 is 0 Å². The standard InChI is InChI=1S/C15H24N2O4/c1-9-12(10(2)17-13(9)15(19)21-5)14(18)11(3)16-7-6-8-20-4/h11,16-17H,6-8H2,1-5H3. The van der Waals surface area contributed by atoms with Crippen LogP contribution >= 0.6 is 0 Å². The zero-order valence-electron chi connectivity index (χ0n) is 13.3. The van der Waals surface area contributed by atoms with Gasteiger partial charge in [-0.3, -0.25) is 4.79 Å². The van der Waals surface area contributed by atoms with Crippen LogP contribution in [-0.4, -0.2) is 50.1 Å². The zero-order valence-corrected chi connectivity index (χ0v) is 13.3. The van der Waals surface area contributed by atoms with Crippen LogP contribution in [0, 0.1) is 13.8 Å². The Morgan fingerprint density at radius 2 is 1.95 bits per heavy atom. The summed E-state index contributed by atoms with van der Waals surface area (Å²) in [5, 5.41) is 3.16. The first-order valence-electron chi connectivity index (χ1n) is 6.98. The van der Waals surface area contributed by atoms with Crippen molar-refractivity contribution in [2.45, 2.75) is 33.2 Å². The van der Waals surface area contributed by atoms with E-state index in [4.69, 9.17) is 9.47 Å². The molecule has 6 nitrogen and oxygen atoms in total. The van der Waals surface area contributed by atoms with Crippen LogP contribution in [0.2, 0.25) is 0 Å². The molecule has 0 fully saturated rings. The molecule has 0 spiro atoms. The molecule has 0 amide bonds. The number of ether oxygens (including phenoxy) is 2. The van der Waals surface area contributed by atoms with E-state index in [1.54, 1.807) is 21.0 Å². The van der Waals surface area contributed by atoms with Gasteiger partial charge >= 0.3 is 5.97 Å². The first kappa shape index (κ1) is 17.4. The highest BCUT2D eigenvalue weighted by Crippen LogP contribution is 2.20. The Balaban J connectivity index is 2.82. The number of esters is 1. The molecule has 0 radical (unpaired) electrons. The highest BCUT2D eigenvalue weighted by atomic mass is 16.5. The molecule has 1 rings (SSSR count). The summed E-state index contributed by atoms with van der Waals surface area (Å²) in [6.45, 7) is 6.71. The number of rotatable bonds is 8. The summed E-state index contributed by atoms with van der Waals surface area (Å²) < 4.78 is 9.67. The van der Waals surface area contributed by atoms with Gasteiger partial charge in [-0.05, 0) is 39.3 Å². The maximum Gasteiger partial charge on any atom is 0.354 e. The van der Waals surface area contributed by atoms with Crippen molar-refractivity contribution < 1.29 is 19.1 Å². The fourth-order valence-corrected chi connectivity index (χ4v) is 2.27. The number of nitrogens with one attached hydrogen (secondary N) is 2. The number of carbonyl (C=O) groups excluding carboxylic acids is 2. The molecule has 2 N–H and O–H groups in total. The maximum atomic E-state index is 12.5. The van der Waals surface area contributed by atoms with Gasteiger partial charge in [0, 0.05) is 25.0 Å². The fourth-order valence-electron chi connectivity index (χ4n) is 2.27. The van der Waals surface area contributed by atoms with Gasteiger partial charge in [-0.25, -0.2) is 4.79 Å². The first-order chi connectivity index (χ1) is 9.93. The number of ketones is 1. The molecule has 6 heteroatoms. The Hall–Kier alpha value is -1.66. The Morgan fingerprint density at radius 1 is 1.29 bits per heavy atom. The average molecular weight is 296 g/mol. The van der Waals surface area contributed by atoms with E-state index in [1.807, 2.05) is 6.92 Å². The second kappa shape index (κ2) is 7.95. The summed E-state index contributed by atoms with van der Waals surface area (Å²) in [5.74, 6) is -0.496. The molecule has 1 aromatic heterocycles. The summed E-state index contributed by atoms with van der Waals surface area (Å²) >= 11 is 0. The highest BCUT2D eigenvalue weighted by Gasteiger charge is 2.25. The van der Waals surface area contributed by atoms with Crippen molar-refractivity contribution >= 4 is 11.8 Å². The highest BCUT2D eigenvalue weighted by molar-refractivity contribution is 6.05. The van der Waals surface area contributed by atoms with Crippen molar-refractivity contribution in [2.75, 3.05) is 27.4 Å². The molecule has 1 aromatic rings. The van der Waals surface area contributed by atoms with Gasteiger partial charge in [-0.15, -0.1) is 0 Å². The Labute approximate surface area is 125 Å². The van der Waals surface area contributed by atoms with E-state index in [0.29, 0.717) is 35.7 Å². The molecule has 1 atom stereocenters. The van der Waals surface area contributed by atoms with Gasteiger partial charge in [-0.2, -0.15) is 0 Å².